The minimum Gasteiger partial charge on any atom is -0.468 e. The van der Waals surface area contributed by atoms with Crippen LogP contribution in [-0.4, -0.2) is 48.8 Å². The number of hydrogen-bond donors (Lipinski definition) is 1. The molecule has 29 heavy (non-hydrogen) atoms. The molecule has 2 aliphatic heterocycles. The molecule has 4 rings (SSSR count). The van der Waals surface area contributed by atoms with Gasteiger partial charge in [0.25, 0.3) is 11.8 Å². The smallest absolute Gasteiger partial charge is 0.325 e. The lowest BCUT2D eigenvalue weighted by atomic mass is 10.0. The molecule has 2 heterocycles. The average Bonchev–Trinajstić information content (AvgIpc) is 3.05. The number of para-hydroxylation sites is 1. The Bertz CT molecular complexity index is 1020. The first kappa shape index (κ1) is 18.7. The number of carbonyl (C=O) groups is 4. The van der Waals surface area contributed by atoms with E-state index in [9.17, 15) is 19.2 Å². The fourth-order valence-corrected chi connectivity index (χ4v) is 3.75. The van der Waals surface area contributed by atoms with Gasteiger partial charge in [0.15, 0.2) is 0 Å². The van der Waals surface area contributed by atoms with Gasteiger partial charge in [-0.3, -0.25) is 24.1 Å². The Hall–Kier alpha value is -3.68. The number of amides is 3. The first-order chi connectivity index (χ1) is 14.0. The van der Waals surface area contributed by atoms with Gasteiger partial charge in [0.1, 0.15) is 12.7 Å². The fraction of sp³-hybridized carbons (Fsp3) is 0.238. The Morgan fingerprint density at radius 3 is 2.45 bits per heavy atom. The van der Waals surface area contributed by atoms with Crippen molar-refractivity contribution in [3.8, 4) is 0 Å². The van der Waals surface area contributed by atoms with Crippen LogP contribution in [0.25, 0.3) is 0 Å². The summed E-state index contributed by atoms with van der Waals surface area (Å²) in [7, 11) is 1.24. The molecule has 0 fully saturated rings. The van der Waals surface area contributed by atoms with Gasteiger partial charge in [-0.05, 0) is 18.2 Å². The van der Waals surface area contributed by atoms with Crippen LogP contribution in [0, 0.1) is 0 Å². The summed E-state index contributed by atoms with van der Waals surface area (Å²) in [5.41, 5.74) is 2.26. The summed E-state index contributed by atoms with van der Waals surface area (Å²) in [6.45, 7) is -0.133. The molecule has 2 aliphatic rings. The lowest BCUT2D eigenvalue weighted by molar-refractivity contribution is -0.141. The number of anilines is 1. The number of benzene rings is 2. The second-order valence-electron chi connectivity index (χ2n) is 6.75. The molecule has 0 unspecified atom stereocenters. The molecule has 3 amide bonds. The van der Waals surface area contributed by atoms with E-state index in [1.54, 1.807) is 41.3 Å². The molecule has 8 heteroatoms. The van der Waals surface area contributed by atoms with E-state index in [1.165, 1.54) is 12.0 Å². The van der Waals surface area contributed by atoms with Crippen LogP contribution in [0.3, 0.4) is 0 Å². The molecule has 2 aromatic rings. The van der Waals surface area contributed by atoms with Crippen molar-refractivity contribution in [3.05, 3.63) is 65.2 Å². The average molecular weight is 393 g/mol. The molecule has 0 aromatic heterocycles. The molecule has 1 atom stereocenters. The predicted octanol–water partition coefficient (Wildman–Crippen LogP) is 1.48. The molecule has 0 saturated carbocycles. The van der Waals surface area contributed by atoms with Crippen molar-refractivity contribution in [2.24, 2.45) is 0 Å². The van der Waals surface area contributed by atoms with Crippen LogP contribution in [-0.2, 0) is 14.3 Å². The summed E-state index contributed by atoms with van der Waals surface area (Å²) in [6.07, 6.45) is -0.611. The van der Waals surface area contributed by atoms with Crippen LogP contribution in [0.2, 0.25) is 0 Å². The van der Waals surface area contributed by atoms with Gasteiger partial charge in [-0.15, -0.1) is 0 Å². The van der Waals surface area contributed by atoms with E-state index < -0.39 is 12.1 Å². The van der Waals surface area contributed by atoms with E-state index >= 15 is 0 Å². The fourth-order valence-electron chi connectivity index (χ4n) is 3.75. The maximum absolute atomic E-state index is 13.2. The first-order valence-corrected chi connectivity index (χ1v) is 9.19. The molecule has 2 aromatic carbocycles. The quantitative estimate of drug-likeness (QED) is 0.777. The maximum Gasteiger partial charge on any atom is 0.325 e. The van der Waals surface area contributed by atoms with Crippen molar-refractivity contribution in [3.63, 3.8) is 0 Å². The maximum atomic E-state index is 13.2. The number of methoxy groups -OCH3 is 1. The third-order valence-electron chi connectivity index (χ3n) is 5.12. The van der Waals surface area contributed by atoms with Crippen molar-refractivity contribution < 1.29 is 23.9 Å². The zero-order valence-corrected chi connectivity index (χ0v) is 15.8. The highest BCUT2D eigenvalue weighted by Gasteiger charge is 2.47. The molecule has 1 N–H and O–H groups in total. The van der Waals surface area contributed by atoms with Gasteiger partial charge in [-0.25, -0.2) is 0 Å². The SMILES string of the molecule is COC(=O)CNC(=O)CCN1C(=O)c2ccccc2N2C(=O)c3ccccc3[C@@H]12. The third kappa shape index (κ3) is 3.12. The van der Waals surface area contributed by atoms with Crippen LogP contribution in [0.4, 0.5) is 5.69 Å². The number of nitrogens with one attached hydrogen (secondary N) is 1. The van der Waals surface area contributed by atoms with Gasteiger partial charge in [0.2, 0.25) is 5.91 Å². The molecular formula is C21H19N3O5. The van der Waals surface area contributed by atoms with Gasteiger partial charge in [-0.2, -0.15) is 0 Å². The van der Waals surface area contributed by atoms with Crippen molar-refractivity contribution >= 4 is 29.4 Å². The van der Waals surface area contributed by atoms with Gasteiger partial charge < -0.3 is 15.0 Å². The summed E-state index contributed by atoms with van der Waals surface area (Å²) in [5, 5.41) is 2.46. The van der Waals surface area contributed by atoms with Crippen LogP contribution in [0.15, 0.2) is 48.5 Å². The van der Waals surface area contributed by atoms with Crippen molar-refractivity contribution in [2.45, 2.75) is 12.6 Å². The summed E-state index contributed by atoms with van der Waals surface area (Å²) < 4.78 is 4.50. The van der Waals surface area contributed by atoms with Gasteiger partial charge in [0.05, 0.1) is 18.4 Å². The topological polar surface area (TPSA) is 96.0 Å². The van der Waals surface area contributed by atoms with E-state index in [4.69, 9.17) is 0 Å². The Kier molecular flexibility index (Phi) is 4.75. The van der Waals surface area contributed by atoms with E-state index in [0.29, 0.717) is 16.8 Å². The van der Waals surface area contributed by atoms with E-state index in [-0.39, 0.29) is 37.2 Å². The summed E-state index contributed by atoms with van der Waals surface area (Å²) in [4.78, 5) is 52.7. The van der Waals surface area contributed by atoms with Gasteiger partial charge in [-0.1, -0.05) is 30.3 Å². The zero-order valence-electron chi connectivity index (χ0n) is 15.8. The third-order valence-corrected chi connectivity index (χ3v) is 5.12. The number of hydrogen-bond acceptors (Lipinski definition) is 5. The van der Waals surface area contributed by atoms with Crippen LogP contribution >= 0.6 is 0 Å². The first-order valence-electron chi connectivity index (χ1n) is 9.19. The Morgan fingerprint density at radius 1 is 1.00 bits per heavy atom. The van der Waals surface area contributed by atoms with Crippen molar-refractivity contribution in [2.75, 3.05) is 25.1 Å². The van der Waals surface area contributed by atoms with Gasteiger partial charge >= 0.3 is 5.97 Å². The molecule has 0 bridgehead atoms. The summed E-state index contributed by atoms with van der Waals surface area (Å²) >= 11 is 0. The molecule has 148 valence electrons. The number of rotatable bonds is 5. The largest absolute Gasteiger partial charge is 0.468 e. The molecule has 8 nitrogen and oxygen atoms in total. The Balaban J connectivity index is 1.63. The highest BCUT2D eigenvalue weighted by atomic mass is 16.5. The number of ether oxygens (including phenoxy) is 1. The lowest BCUT2D eigenvalue weighted by Gasteiger charge is -2.40. The standard InChI is InChI=1S/C21H19N3O5/c1-29-18(26)12-22-17(25)10-11-23-19-13-6-2-3-7-14(13)21(28)24(19)16-9-5-4-8-15(16)20(23)27/h2-9,19H,10-12H2,1H3,(H,22,25)/t19-/m0/s1. The highest BCUT2D eigenvalue weighted by molar-refractivity contribution is 6.16. The van der Waals surface area contributed by atoms with Crippen LogP contribution < -0.4 is 10.2 Å². The second-order valence-corrected chi connectivity index (χ2v) is 6.75. The van der Waals surface area contributed by atoms with E-state index in [0.717, 1.165) is 5.56 Å². The van der Waals surface area contributed by atoms with Crippen LogP contribution in [0.5, 0.6) is 0 Å². The molecule has 0 aliphatic carbocycles. The minimum atomic E-state index is -0.602. The van der Waals surface area contributed by atoms with E-state index in [2.05, 4.69) is 10.1 Å². The Labute approximate surface area is 167 Å². The van der Waals surface area contributed by atoms with Gasteiger partial charge in [0, 0.05) is 24.1 Å². The molecule has 0 radical (unpaired) electrons. The van der Waals surface area contributed by atoms with Crippen molar-refractivity contribution in [1.29, 1.82) is 0 Å². The molecule has 0 spiro atoms. The van der Waals surface area contributed by atoms with E-state index in [1.807, 2.05) is 12.1 Å². The molecular weight excluding hydrogens is 374 g/mol. The minimum absolute atomic E-state index is 0.00833. The van der Waals surface area contributed by atoms with Crippen LogP contribution in [0.1, 0.15) is 38.9 Å². The summed E-state index contributed by atoms with van der Waals surface area (Å²) in [6, 6.07) is 14.1. The predicted molar refractivity (Wildman–Crippen MR) is 103 cm³/mol. The lowest BCUT2D eigenvalue weighted by Crippen LogP contribution is -2.49. The monoisotopic (exact) mass is 393 g/mol. The second kappa shape index (κ2) is 7.38. The zero-order chi connectivity index (χ0) is 20.5. The highest BCUT2D eigenvalue weighted by Crippen LogP contribution is 2.45. The number of fused-ring (bicyclic) bond motifs is 5. The molecule has 0 saturated heterocycles. The summed E-state index contributed by atoms with van der Waals surface area (Å²) in [5.74, 6) is -1.35. The number of esters is 1. The Morgan fingerprint density at radius 2 is 1.69 bits per heavy atom. The normalized spacial score (nSPS) is 16.8. The number of nitrogens with zero attached hydrogens (tertiary/aromatic N) is 2. The number of carbonyl (C=O) groups excluding carboxylic acids is 4. The van der Waals surface area contributed by atoms with Crippen molar-refractivity contribution in [1.82, 2.24) is 10.2 Å².